The highest BCUT2D eigenvalue weighted by atomic mass is 15.2. The summed E-state index contributed by atoms with van der Waals surface area (Å²) >= 11 is 0. The van der Waals surface area contributed by atoms with Gasteiger partial charge in [-0.25, -0.2) is 0 Å². The average molecular weight is 231 g/mol. The molecule has 92 valence electrons. The lowest BCUT2D eigenvalue weighted by atomic mass is 10.0. The molecule has 0 amide bonds. The SMILES string of the molecule is Cc1cc(N2CCCC2C2CCCN2)ccn1. The van der Waals surface area contributed by atoms with E-state index in [0.717, 1.165) is 5.69 Å². The van der Waals surface area contributed by atoms with Crippen LogP contribution in [-0.4, -0.2) is 30.2 Å². The fourth-order valence-corrected chi connectivity index (χ4v) is 3.28. The first-order valence-corrected chi connectivity index (χ1v) is 6.77. The number of hydrogen-bond acceptors (Lipinski definition) is 3. The fourth-order valence-electron chi connectivity index (χ4n) is 3.28. The van der Waals surface area contributed by atoms with Crippen molar-refractivity contribution in [2.24, 2.45) is 0 Å². The number of anilines is 1. The van der Waals surface area contributed by atoms with E-state index in [1.54, 1.807) is 0 Å². The highest BCUT2D eigenvalue weighted by Crippen LogP contribution is 2.29. The van der Waals surface area contributed by atoms with E-state index in [-0.39, 0.29) is 0 Å². The van der Waals surface area contributed by atoms with Crippen LogP contribution in [0.4, 0.5) is 5.69 Å². The molecule has 2 aliphatic heterocycles. The molecule has 17 heavy (non-hydrogen) atoms. The summed E-state index contributed by atoms with van der Waals surface area (Å²) in [6.45, 7) is 4.47. The Balaban J connectivity index is 1.81. The van der Waals surface area contributed by atoms with Gasteiger partial charge in [0.15, 0.2) is 0 Å². The minimum Gasteiger partial charge on any atom is -0.367 e. The molecule has 2 fully saturated rings. The number of nitrogens with zero attached hydrogens (tertiary/aromatic N) is 2. The number of aromatic nitrogens is 1. The van der Waals surface area contributed by atoms with Crippen LogP contribution in [0.1, 0.15) is 31.4 Å². The predicted molar refractivity (Wildman–Crippen MR) is 70.4 cm³/mol. The van der Waals surface area contributed by atoms with Crippen molar-refractivity contribution in [3.8, 4) is 0 Å². The lowest BCUT2D eigenvalue weighted by Crippen LogP contribution is -2.44. The Bertz CT molecular complexity index is 385. The Hall–Kier alpha value is -1.09. The van der Waals surface area contributed by atoms with E-state index < -0.39 is 0 Å². The Morgan fingerprint density at radius 3 is 3.06 bits per heavy atom. The summed E-state index contributed by atoms with van der Waals surface area (Å²) in [6, 6.07) is 5.76. The number of aryl methyl sites for hydroxylation is 1. The molecule has 2 saturated heterocycles. The number of nitrogens with one attached hydrogen (secondary N) is 1. The fraction of sp³-hybridized carbons (Fsp3) is 0.643. The maximum Gasteiger partial charge on any atom is 0.0443 e. The van der Waals surface area contributed by atoms with Gasteiger partial charge in [-0.15, -0.1) is 0 Å². The molecule has 0 aliphatic carbocycles. The first kappa shape index (κ1) is 11.0. The van der Waals surface area contributed by atoms with Crippen molar-refractivity contribution in [3.05, 3.63) is 24.0 Å². The van der Waals surface area contributed by atoms with E-state index >= 15 is 0 Å². The third-order valence-corrected chi connectivity index (χ3v) is 4.07. The van der Waals surface area contributed by atoms with Crippen LogP contribution < -0.4 is 10.2 Å². The minimum atomic E-state index is 0.694. The zero-order valence-corrected chi connectivity index (χ0v) is 10.5. The van der Waals surface area contributed by atoms with Crippen LogP contribution in [0.2, 0.25) is 0 Å². The maximum atomic E-state index is 4.29. The first-order chi connectivity index (χ1) is 8.34. The molecule has 0 saturated carbocycles. The van der Waals surface area contributed by atoms with Crippen molar-refractivity contribution in [3.63, 3.8) is 0 Å². The van der Waals surface area contributed by atoms with Crippen LogP contribution in [0, 0.1) is 6.92 Å². The van der Waals surface area contributed by atoms with Crippen molar-refractivity contribution in [2.75, 3.05) is 18.0 Å². The molecule has 0 spiro atoms. The number of hydrogen-bond donors (Lipinski definition) is 1. The molecular weight excluding hydrogens is 210 g/mol. The molecule has 3 heterocycles. The van der Waals surface area contributed by atoms with Gasteiger partial charge in [0, 0.05) is 36.2 Å². The van der Waals surface area contributed by atoms with Crippen molar-refractivity contribution >= 4 is 5.69 Å². The predicted octanol–water partition coefficient (Wildman–Crippen LogP) is 2.11. The van der Waals surface area contributed by atoms with Gasteiger partial charge in [0.25, 0.3) is 0 Å². The van der Waals surface area contributed by atoms with Gasteiger partial charge >= 0.3 is 0 Å². The Morgan fingerprint density at radius 2 is 2.29 bits per heavy atom. The maximum absolute atomic E-state index is 4.29. The second-order valence-electron chi connectivity index (χ2n) is 5.26. The monoisotopic (exact) mass is 231 g/mol. The largest absolute Gasteiger partial charge is 0.367 e. The molecule has 2 aliphatic rings. The van der Waals surface area contributed by atoms with Gasteiger partial charge in [-0.1, -0.05) is 0 Å². The molecule has 2 unspecified atom stereocenters. The summed E-state index contributed by atoms with van der Waals surface area (Å²) in [5.74, 6) is 0. The molecule has 0 aromatic carbocycles. The van der Waals surface area contributed by atoms with Gasteiger partial charge in [0.2, 0.25) is 0 Å². The Kier molecular flexibility index (Phi) is 3.02. The average Bonchev–Trinajstić information content (AvgIpc) is 3.00. The van der Waals surface area contributed by atoms with E-state index in [1.807, 2.05) is 6.20 Å². The molecule has 3 nitrogen and oxygen atoms in total. The molecule has 0 bridgehead atoms. The van der Waals surface area contributed by atoms with E-state index in [2.05, 4.69) is 34.3 Å². The molecule has 2 atom stereocenters. The molecule has 1 aromatic rings. The summed E-state index contributed by atoms with van der Waals surface area (Å²) in [6.07, 6.45) is 7.26. The van der Waals surface area contributed by atoms with Crippen LogP contribution in [0.15, 0.2) is 18.3 Å². The molecule has 3 heteroatoms. The smallest absolute Gasteiger partial charge is 0.0443 e. The van der Waals surface area contributed by atoms with Crippen LogP contribution in [0.25, 0.3) is 0 Å². The van der Waals surface area contributed by atoms with Gasteiger partial charge in [0.1, 0.15) is 0 Å². The van der Waals surface area contributed by atoms with Crippen molar-refractivity contribution in [1.29, 1.82) is 0 Å². The molecule has 3 rings (SSSR count). The lowest BCUT2D eigenvalue weighted by molar-refractivity contribution is 0.482. The highest BCUT2D eigenvalue weighted by molar-refractivity contribution is 5.49. The first-order valence-electron chi connectivity index (χ1n) is 6.77. The zero-order chi connectivity index (χ0) is 11.7. The van der Waals surface area contributed by atoms with E-state index in [4.69, 9.17) is 0 Å². The topological polar surface area (TPSA) is 28.2 Å². The third-order valence-electron chi connectivity index (χ3n) is 4.07. The highest BCUT2D eigenvalue weighted by Gasteiger charge is 2.33. The van der Waals surface area contributed by atoms with E-state index in [1.165, 1.54) is 44.5 Å². The molecule has 1 aromatic heterocycles. The van der Waals surface area contributed by atoms with E-state index in [0.29, 0.717) is 12.1 Å². The standard InChI is InChI=1S/C14H21N3/c1-11-10-12(6-8-15-11)17-9-3-5-14(17)13-4-2-7-16-13/h6,8,10,13-14,16H,2-5,7,9H2,1H3. The second kappa shape index (κ2) is 4.65. The van der Waals surface area contributed by atoms with Gasteiger partial charge in [-0.2, -0.15) is 0 Å². The summed E-state index contributed by atoms with van der Waals surface area (Å²) in [5.41, 5.74) is 2.47. The van der Waals surface area contributed by atoms with Crippen LogP contribution in [0.3, 0.4) is 0 Å². The minimum absolute atomic E-state index is 0.694. The van der Waals surface area contributed by atoms with E-state index in [9.17, 15) is 0 Å². The summed E-state index contributed by atoms with van der Waals surface area (Å²) in [5, 5.41) is 3.66. The number of rotatable bonds is 2. The summed E-state index contributed by atoms with van der Waals surface area (Å²) in [4.78, 5) is 6.87. The quantitative estimate of drug-likeness (QED) is 0.845. The Labute approximate surface area is 103 Å². The van der Waals surface area contributed by atoms with Gasteiger partial charge in [-0.3, -0.25) is 4.98 Å². The van der Waals surface area contributed by atoms with Crippen LogP contribution >= 0.6 is 0 Å². The molecular formula is C14H21N3. The lowest BCUT2D eigenvalue weighted by Gasteiger charge is -2.31. The Morgan fingerprint density at radius 1 is 1.35 bits per heavy atom. The van der Waals surface area contributed by atoms with Gasteiger partial charge < -0.3 is 10.2 Å². The normalized spacial score (nSPS) is 28.9. The second-order valence-corrected chi connectivity index (χ2v) is 5.26. The van der Waals surface area contributed by atoms with Gasteiger partial charge in [0.05, 0.1) is 0 Å². The van der Waals surface area contributed by atoms with Crippen molar-refractivity contribution < 1.29 is 0 Å². The van der Waals surface area contributed by atoms with Crippen LogP contribution in [0.5, 0.6) is 0 Å². The summed E-state index contributed by atoms with van der Waals surface area (Å²) < 4.78 is 0. The van der Waals surface area contributed by atoms with Crippen molar-refractivity contribution in [2.45, 2.75) is 44.7 Å². The number of pyridine rings is 1. The van der Waals surface area contributed by atoms with Crippen molar-refractivity contribution in [1.82, 2.24) is 10.3 Å². The van der Waals surface area contributed by atoms with Gasteiger partial charge in [-0.05, 0) is 51.3 Å². The summed E-state index contributed by atoms with van der Waals surface area (Å²) in [7, 11) is 0. The zero-order valence-electron chi connectivity index (χ0n) is 10.5. The van der Waals surface area contributed by atoms with Crippen LogP contribution in [-0.2, 0) is 0 Å². The molecule has 0 radical (unpaired) electrons. The molecule has 1 N–H and O–H groups in total. The third kappa shape index (κ3) is 2.16.